The maximum Gasteiger partial charge on any atom is 0.404 e. The van der Waals surface area contributed by atoms with Crippen LogP contribution in [0.1, 0.15) is 6.92 Å². The maximum atomic E-state index is 10.2. The summed E-state index contributed by atoms with van der Waals surface area (Å²) in [5, 5.41) is 18.0. The lowest BCUT2D eigenvalue weighted by atomic mass is 10.3. The van der Waals surface area contributed by atoms with E-state index in [4.69, 9.17) is 10.8 Å². The summed E-state index contributed by atoms with van der Waals surface area (Å²) < 4.78 is 4.43. The van der Waals surface area contributed by atoms with Crippen molar-refractivity contribution in [1.29, 1.82) is 0 Å². The number of ether oxygens (including phenoxy) is 1. The molecule has 14 heavy (non-hydrogen) atoms. The Balaban J connectivity index is 3.66. The number of nitrogens with two attached hydrogens (primary N) is 1. The van der Waals surface area contributed by atoms with E-state index in [1.165, 1.54) is 0 Å². The number of hydrogen-bond acceptors (Lipinski definition) is 5. The molecule has 0 aliphatic carbocycles. The van der Waals surface area contributed by atoms with Crippen LogP contribution in [0.15, 0.2) is 0 Å². The van der Waals surface area contributed by atoms with Crippen LogP contribution >= 0.6 is 0 Å². The summed E-state index contributed by atoms with van der Waals surface area (Å²) >= 11 is 0. The van der Waals surface area contributed by atoms with Crippen molar-refractivity contribution in [3.8, 4) is 0 Å². The van der Waals surface area contributed by atoms with Crippen LogP contribution in [0.3, 0.4) is 0 Å². The molecule has 0 aromatic rings. The molecule has 0 heterocycles. The van der Waals surface area contributed by atoms with Crippen LogP contribution in [0.4, 0.5) is 4.79 Å². The maximum absolute atomic E-state index is 10.2. The van der Waals surface area contributed by atoms with E-state index in [0.29, 0.717) is 19.6 Å². The highest BCUT2D eigenvalue weighted by molar-refractivity contribution is 5.64. The Bertz CT molecular complexity index is 165. The lowest BCUT2D eigenvalue weighted by molar-refractivity contribution is 0.0440. The quantitative estimate of drug-likeness (QED) is 0.484. The summed E-state index contributed by atoms with van der Waals surface area (Å²) in [5.74, 6) is 0. The topological polar surface area (TPSA) is 96.0 Å². The van der Waals surface area contributed by atoms with Gasteiger partial charge in [0.05, 0.1) is 6.61 Å². The number of likely N-dealkylation sites (N-methyl/N-ethyl adjacent to an activating group) is 1. The molecule has 0 aliphatic rings. The molecule has 84 valence electrons. The molecule has 0 aromatic heterocycles. The largest absolute Gasteiger partial charge is 0.447 e. The number of aliphatic hydroxyl groups is 2. The number of carbonyl (C=O) groups is 1. The molecular formula is C8H18N2O4. The van der Waals surface area contributed by atoms with Crippen LogP contribution in [0, 0.1) is 0 Å². The third kappa shape index (κ3) is 6.64. The molecule has 4 N–H and O–H groups in total. The molecule has 1 amide bonds. The van der Waals surface area contributed by atoms with Gasteiger partial charge in [0.15, 0.2) is 0 Å². The molecule has 6 nitrogen and oxygen atoms in total. The zero-order chi connectivity index (χ0) is 11.0. The molecule has 0 radical (unpaired) electrons. The van der Waals surface area contributed by atoms with Crippen LogP contribution < -0.4 is 5.73 Å². The van der Waals surface area contributed by atoms with Gasteiger partial charge in [0.1, 0.15) is 12.7 Å². The highest BCUT2D eigenvalue weighted by Crippen LogP contribution is 1.93. The smallest absolute Gasteiger partial charge is 0.404 e. The van der Waals surface area contributed by atoms with Crippen molar-refractivity contribution in [2.24, 2.45) is 5.73 Å². The molecule has 0 saturated carbocycles. The number of hydrogen-bond donors (Lipinski definition) is 3. The number of amides is 1. The minimum Gasteiger partial charge on any atom is -0.447 e. The fourth-order valence-corrected chi connectivity index (χ4v) is 1.05. The van der Waals surface area contributed by atoms with Crippen molar-refractivity contribution in [1.82, 2.24) is 4.90 Å². The predicted octanol–water partition coefficient (Wildman–Crippen LogP) is -1.24. The normalized spacial score (nSPS) is 12.9. The molecule has 0 rings (SSSR count). The molecule has 1 atom stereocenters. The molecule has 0 spiro atoms. The van der Waals surface area contributed by atoms with Crippen LogP contribution in [0.2, 0.25) is 0 Å². The highest BCUT2D eigenvalue weighted by atomic mass is 16.6. The van der Waals surface area contributed by atoms with Crippen LogP contribution in [0.25, 0.3) is 0 Å². The third-order valence-electron chi connectivity index (χ3n) is 1.75. The summed E-state index contributed by atoms with van der Waals surface area (Å²) in [5.41, 5.74) is 4.74. The van der Waals surface area contributed by atoms with Crippen LogP contribution in [-0.4, -0.2) is 60.2 Å². The second-order valence-electron chi connectivity index (χ2n) is 2.90. The summed E-state index contributed by atoms with van der Waals surface area (Å²) in [6, 6.07) is 0. The monoisotopic (exact) mass is 206 g/mol. The Morgan fingerprint density at radius 1 is 1.64 bits per heavy atom. The van der Waals surface area contributed by atoms with E-state index in [1.807, 2.05) is 11.8 Å². The van der Waals surface area contributed by atoms with Gasteiger partial charge in [-0.05, 0) is 6.54 Å². The lowest BCUT2D eigenvalue weighted by Gasteiger charge is -2.22. The molecule has 6 heteroatoms. The average molecular weight is 206 g/mol. The van der Waals surface area contributed by atoms with Crippen molar-refractivity contribution in [2.45, 2.75) is 13.0 Å². The highest BCUT2D eigenvalue weighted by Gasteiger charge is 2.11. The average Bonchev–Trinajstić information content (AvgIpc) is 2.14. The molecule has 0 saturated heterocycles. The van der Waals surface area contributed by atoms with Crippen molar-refractivity contribution >= 4 is 6.09 Å². The van der Waals surface area contributed by atoms with Gasteiger partial charge < -0.3 is 20.7 Å². The summed E-state index contributed by atoms with van der Waals surface area (Å²) in [4.78, 5) is 12.1. The lowest BCUT2D eigenvalue weighted by Crippen LogP contribution is -2.37. The minimum absolute atomic E-state index is 0.0389. The standard InChI is InChI=1S/C8H18N2O4/c1-2-10(3-4-11)5-7(12)6-14-8(9)13/h7,11-12H,2-6H2,1H3,(H2,9,13)/t7-/m0/s1. The molecular weight excluding hydrogens is 188 g/mol. The SMILES string of the molecule is CCN(CCO)C[C@H](O)COC(N)=O. The Kier molecular flexibility index (Phi) is 7.09. The first-order valence-corrected chi connectivity index (χ1v) is 4.53. The number of primary amides is 1. The van der Waals surface area contributed by atoms with Gasteiger partial charge in [-0.2, -0.15) is 0 Å². The first-order chi connectivity index (χ1) is 6.60. The summed E-state index contributed by atoms with van der Waals surface area (Å²) in [6.07, 6.45) is -1.66. The first-order valence-electron chi connectivity index (χ1n) is 4.53. The summed E-state index contributed by atoms with van der Waals surface area (Å²) in [6.45, 7) is 3.40. The molecule has 0 unspecified atom stereocenters. The minimum atomic E-state index is -0.894. The zero-order valence-corrected chi connectivity index (χ0v) is 8.35. The van der Waals surface area contributed by atoms with Crippen LogP contribution in [0.5, 0.6) is 0 Å². The second-order valence-corrected chi connectivity index (χ2v) is 2.90. The second kappa shape index (κ2) is 7.54. The van der Waals surface area contributed by atoms with E-state index in [0.717, 1.165) is 0 Å². The van der Waals surface area contributed by atoms with Crippen LogP contribution in [-0.2, 0) is 4.74 Å². The van der Waals surface area contributed by atoms with E-state index in [2.05, 4.69) is 4.74 Å². The van der Waals surface area contributed by atoms with Crippen molar-refractivity contribution in [3.05, 3.63) is 0 Å². The van der Waals surface area contributed by atoms with Crippen molar-refractivity contribution < 1.29 is 19.7 Å². The third-order valence-corrected chi connectivity index (χ3v) is 1.75. The molecule has 0 aliphatic heterocycles. The van der Waals surface area contributed by atoms with Crippen molar-refractivity contribution in [3.63, 3.8) is 0 Å². The zero-order valence-electron chi connectivity index (χ0n) is 8.35. The van der Waals surface area contributed by atoms with E-state index in [1.54, 1.807) is 0 Å². The number of nitrogens with zero attached hydrogens (tertiary/aromatic N) is 1. The first kappa shape index (κ1) is 13.2. The van der Waals surface area contributed by atoms with Gasteiger partial charge in [-0.3, -0.25) is 4.90 Å². The van der Waals surface area contributed by atoms with E-state index < -0.39 is 12.2 Å². The van der Waals surface area contributed by atoms with E-state index in [-0.39, 0.29) is 13.2 Å². The molecule has 0 aromatic carbocycles. The van der Waals surface area contributed by atoms with Gasteiger partial charge in [-0.25, -0.2) is 4.79 Å². The Morgan fingerprint density at radius 3 is 2.71 bits per heavy atom. The van der Waals surface area contributed by atoms with Gasteiger partial charge in [0.25, 0.3) is 0 Å². The number of rotatable bonds is 7. The number of carbonyl (C=O) groups excluding carboxylic acids is 1. The Labute approximate surface area is 83.3 Å². The van der Waals surface area contributed by atoms with Gasteiger partial charge in [0, 0.05) is 13.1 Å². The van der Waals surface area contributed by atoms with Gasteiger partial charge >= 0.3 is 6.09 Å². The van der Waals surface area contributed by atoms with Gasteiger partial charge in [-0.1, -0.05) is 6.92 Å². The Hall–Kier alpha value is -0.850. The fraction of sp³-hybridized carbons (Fsp3) is 0.875. The van der Waals surface area contributed by atoms with E-state index in [9.17, 15) is 9.90 Å². The number of aliphatic hydroxyl groups excluding tert-OH is 2. The van der Waals surface area contributed by atoms with Gasteiger partial charge in [0.2, 0.25) is 0 Å². The fourth-order valence-electron chi connectivity index (χ4n) is 1.05. The summed E-state index contributed by atoms with van der Waals surface area (Å²) in [7, 11) is 0. The Morgan fingerprint density at radius 2 is 2.29 bits per heavy atom. The van der Waals surface area contributed by atoms with Gasteiger partial charge in [-0.15, -0.1) is 0 Å². The van der Waals surface area contributed by atoms with E-state index >= 15 is 0 Å². The molecule has 0 fully saturated rings. The predicted molar refractivity (Wildman–Crippen MR) is 50.7 cm³/mol. The van der Waals surface area contributed by atoms with Crippen molar-refractivity contribution in [2.75, 3.05) is 32.8 Å². The molecule has 0 bridgehead atoms.